The predicted octanol–water partition coefficient (Wildman–Crippen LogP) is 1.25. The van der Waals surface area contributed by atoms with E-state index in [1.54, 1.807) is 0 Å². The van der Waals surface area contributed by atoms with E-state index >= 15 is 0 Å². The van der Waals surface area contributed by atoms with Gasteiger partial charge >= 0.3 is 0 Å². The van der Waals surface area contributed by atoms with Crippen molar-refractivity contribution in [2.45, 2.75) is 25.4 Å². The van der Waals surface area contributed by atoms with Gasteiger partial charge in [-0.05, 0) is 30.2 Å². The number of hydrogen-bond acceptors (Lipinski definition) is 7. The molecule has 3 heterocycles. The minimum atomic E-state index is -1.09. The molecule has 1 unspecified atom stereocenters. The summed E-state index contributed by atoms with van der Waals surface area (Å²) in [6.07, 6.45) is 0.0734. The summed E-state index contributed by atoms with van der Waals surface area (Å²) < 4.78 is 14.9. The molecule has 10 heteroatoms. The van der Waals surface area contributed by atoms with Crippen LogP contribution in [0.1, 0.15) is 39.1 Å². The minimum absolute atomic E-state index is 0.0253. The average molecular weight is 465 g/mol. The van der Waals surface area contributed by atoms with Crippen molar-refractivity contribution in [3.05, 3.63) is 58.9 Å². The van der Waals surface area contributed by atoms with E-state index in [1.165, 1.54) is 6.07 Å². The maximum Gasteiger partial charge on any atom is 0.262 e. The molecule has 2 fully saturated rings. The van der Waals surface area contributed by atoms with Gasteiger partial charge in [-0.3, -0.25) is 29.4 Å². The number of hydrogen-bond donors (Lipinski definition) is 3. The monoisotopic (exact) mass is 465 g/mol. The van der Waals surface area contributed by atoms with Gasteiger partial charge in [-0.15, -0.1) is 0 Å². The van der Waals surface area contributed by atoms with Crippen LogP contribution in [0.3, 0.4) is 0 Å². The second-order valence-electron chi connectivity index (χ2n) is 8.54. The number of imide groups is 2. The number of piperazine rings is 1. The number of nitrogens with zero attached hydrogens (tertiary/aromatic N) is 2. The second-order valence-corrected chi connectivity index (χ2v) is 8.54. The molecule has 0 radical (unpaired) electrons. The van der Waals surface area contributed by atoms with Crippen LogP contribution in [-0.2, 0) is 16.1 Å². The molecule has 2 aromatic rings. The van der Waals surface area contributed by atoms with Gasteiger partial charge in [-0.2, -0.15) is 0 Å². The van der Waals surface area contributed by atoms with E-state index in [-0.39, 0.29) is 29.7 Å². The average Bonchev–Trinajstić information content (AvgIpc) is 3.07. The van der Waals surface area contributed by atoms with Gasteiger partial charge in [0.15, 0.2) is 0 Å². The molecule has 2 aromatic carbocycles. The van der Waals surface area contributed by atoms with Crippen molar-refractivity contribution >= 4 is 35.0 Å². The number of amides is 4. The highest BCUT2D eigenvalue weighted by Gasteiger charge is 2.45. The van der Waals surface area contributed by atoms with Crippen molar-refractivity contribution in [3.8, 4) is 0 Å². The largest absolute Gasteiger partial charge is 0.378 e. The van der Waals surface area contributed by atoms with Gasteiger partial charge < -0.3 is 15.5 Å². The Bertz CT molecular complexity index is 1190. The number of rotatable bonds is 5. The number of benzene rings is 2. The molecule has 0 aliphatic carbocycles. The third-order valence-electron chi connectivity index (χ3n) is 6.45. The lowest BCUT2D eigenvalue weighted by molar-refractivity contribution is -0.136. The maximum atomic E-state index is 14.9. The second kappa shape index (κ2) is 8.86. The summed E-state index contributed by atoms with van der Waals surface area (Å²) in [6, 6.07) is 9.15. The van der Waals surface area contributed by atoms with Crippen LogP contribution < -0.4 is 20.9 Å². The molecule has 4 amide bonds. The summed E-state index contributed by atoms with van der Waals surface area (Å²) in [7, 11) is 0. The zero-order valence-electron chi connectivity index (χ0n) is 18.4. The summed E-state index contributed by atoms with van der Waals surface area (Å²) in [6.45, 7) is 3.85. The molecule has 3 aliphatic heterocycles. The lowest BCUT2D eigenvalue weighted by Gasteiger charge is -2.31. The zero-order valence-corrected chi connectivity index (χ0v) is 18.4. The lowest BCUT2D eigenvalue weighted by Crippen LogP contribution is -2.54. The van der Waals surface area contributed by atoms with E-state index in [0.29, 0.717) is 6.54 Å². The first kappa shape index (κ1) is 22.0. The Morgan fingerprint density at radius 2 is 1.71 bits per heavy atom. The molecule has 1 atom stereocenters. The predicted molar refractivity (Wildman–Crippen MR) is 122 cm³/mol. The van der Waals surface area contributed by atoms with Gasteiger partial charge in [-0.25, -0.2) is 4.39 Å². The van der Waals surface area contributed by atoms with E-state index in [4.69, 9.17) is 0 Å². The Labute approximate surface area is 195 Å². The fourth-order valence-electron chi connectivity index (χ4n) is 4.69. The van der Waals surface area contributed by atoms with Crippen LogP contribution in [0.4, 0.5) is 15.8 Å². The summed E-state index contributed by atoms with van der Waals surface area (Å²) in [5.74, 6) is -3.21. The number of nitrogens with one attached hydrogen (secondary N) is 3. The van der Waals surface area contributed by atoms with Crippen LogP contribution in [-0.4, -0.2) is 60.7 Å². The number of fused-ring (bicyclic) bond motifs is 1. The molecular formula is C24H24FN5O4. The molecule has 34 heavy (non-hydrogen) atoms. The first-order chi connectivity index (χ1) is 16.4. The maximum absolute atomic E-state index is 14.9. The van der Waals surface area contributed by atoms with Crippen LogP contribution in [0.25, 0.3) is 0 Å². The summed E-state index contributed by atoms with van der Waals surface area (Å²) >= 11 is 0. The van der Waals surface area contributed by atoms with E-state index in [9.17, 15) is 23.6 Å². The van der Waals surface area contributed by atoms with Gasteiger partial charge in [-0.1, -0.05) is 18.2 Å². The molecule has 0 saturated carbocycles. The van der Waals surface area contributed by atoms with Gasteiger partial charge in [0.05, 0.1) is 16.8 Å². The Morgan fingerprint density at radius 3 is 2.44 bits per heavy atom. The summed E-state index contributed by atoms with van der Waals surface area (Å²) in [4.78, 5) is 52.6. The first-order valence-electron chi connectivity index (χ1n) is 11.3. The number of halogens is 1. The van der Waals surface area contributed by atoms with Gasteiger partial charge in [0, 0.05) is 44.8 Å². The first-order valence-corrected chi connectivity index (χ1v) is 11.3. The topological polar surface area (TPSA) is 111 Å². The highest BCUT2D eigenvalue weighted by atomic mass is 19.1. The number of carbonyl (C=O) groups excluding carboxylic acids is 4. The highest BCUT2D eigenvalue weighted by Crippen LogP contribution is 2.32. The Hall–Kier alpha value is -3.79. The van der Waals surface area contributed by atoms with Crippen molar-refractivity contribution in [1.29, 1.82) is 0 Å². The van der Waals surface area contributed by atoms with Gasteiger partial charge in [0.25, 0.3) is 11.8 Å². The highest BCUT2D eigenvalue weighted by molar-refractivity contribution is 6.23. The SMILES string of the molecule is O=C1CCC(N2C(=O)c3cc(F)c(NCc4ccccc4N4CCNCC4)cc3C2=O)C(=O)N1. The number of anilines is 2. The van der Waals surface area contributed by atoms with Crippen LogP contribution in [0.15, 0.2) is 36.4 Å². The smallest absolute Gasteiger partial charge is 0.262 e. The quantitative estimate of drug-likeness (QED) is 0.570. The number of piperidine rings is 1. The van der Waals surface area contributed by atoms with E-state index in [2.05, 4.69) is 20.9 Å². The molecule has 2 saturated heterocycles. The summed E-state index contributed by atoms with van der Waals surface area (Å²) in [5.41, 5.74) is 2.10. The molecular weight excluding hydrogens is 441 g/mol. The van der Waals surface area contributed by atoms with Crippen LogP contribution in [0.2, 0.25) is 0 Å². The fraction of sp³-hybridized carbons (Fsp3) is 0.333. The van der Waals surface area contributed by atoms with Gasteiger partial charge in [0.1, 0.15) is 11.9 Å². The fourth-order valence-corrected chi connectivity index (χ4v) is 4.69. The van der Waals surface area contributed by atoms with Crippen molar-refractivity contribution in [1.82, 2.24) is 15.5 Å². The zero-order chi connectivity index (χ0) is 23.8. The lowest BCUT2D eigenvalue weighted by atomic mass is 10.0. The van der Waals surface area contributed by atoms with Crippen LogP contribution in [0, 0.1) is 5.82 Å². The number of carbonyl (C=O) groups is 4. The summed E-state index contributed by atoms with van der Waals surface area (Å²) in [5, 5.41) is 8.53. The Kier molecular flexibility index (Phi) is 5.74. The standard InChI is InChI=1S/C24H24FN5O4/c25-17-11-15-16(24(34)30(23(15)33)20-5-6-21(31)28-22(20)32)12-18(17)27-13-14-3-1-2-4-19(14)29-9-7-26-8-10-29/h1-4,11-12,20,26-27H,5-10,13H2,(H,28,31,32). The van der Waals surface area contributed by atoms with Gasteiger partial charge in [0.2, 0.25) is 11.8 Å². The normalized spacial score (nSPS) is 20.4. The Balaban J connectivity index is 1.37. The molecule has 0 aromatic heterocycles. The van der Waals surface area contributed by atoms with Crippen molar-refractivity contribution in [2.75, 3.05) is 36.4 Å². The molecule has 0 bridgehead atoms. The van der Waals surface area contributed by atoms with E-state index in [0.717, 1.165) is 48.4 Å². The van der Waals surface area contributed by atoms with Crippen molar-refractivity contribution in [2.24, 2.45) is 0 Å². The van der Waals surface area contributed by atoms with Crippen LogP contribution in [0.5, 0.6) is 0 Å². The Morgan fingerprint density at radius 1 is 1.00 bits per heavy atom. The third-order valence-corrected chi connectivity index (χ3v) is 6.45. The third kappa shape index (κ3) is 3.90. The molecule has 5 rings (SSSR count). The molecule has 176 valence electrons. The van der Waals surface area contributed by atoms with Crippen molar-refractivity contribution in [3.63, 3.8) is 0 Å². The molecule has 9 nitrogen and oxygen atoms in total. The van der Waals surface area contributed by atoms with E-state index in [1.807, 2.05) is 24.3 Å². The minimum Gasteiger partial charge on any atom is -0.378 e. The number of para-hydroxylation sites is 1. The molecule has 0 spiro atoms. The molecule has 3 aliphatic rings. The van der Waals surface area contributed by atoms with E-state index < -0.39 is 35.5 Å². The van der Waals surface area contributed by atoms with Crippen molar-refractivity contribution < 1.29 is 23.6 Å². The molecule has 3 N–H and O–H groups in total. The van der Waals surface area contributed by atoms with Crippen LogP contribution >= 0.6 is 0 Å².